The Hall–Kier alpha value is 0.520. The van der Waals surface area contributed by atoms with Crippen LogP contribution in [0.3, 0.4) is 0 Å². The predicted octanol–water partition coefficient (Wildman–Crippen LogP) is 0.980. The van der Waals surface area contributed by atoms with Crippen LogP contribution in [0.1, 0.15) is 19.3 Å². The Labute approximate surface area is 103 Å². The average Bonchev–Trinajstić information content (AvgIpc) is 2.20. The van der Waals surface area contributed by atoms with Gasteiger partial charge in [0.1, 0.15) is 0 Å². The van der Waals surface area contributed by atoms with Gasteiger partial charge in [-0.1, -0.05) is 6.42 Å². The summed E-state index contributed by atoms with van der Waals surface area (Å²) in [5.41, 5.74) is 0. The molecule has 0 aromatic heterocycles. The van der Waals surface area contributed by atoms with Gasteiger partial charge in [0.05, 0.1) is 12.7 Å². The number of hydrogen-bond donors (Lipinski definition) is 2. The van der Waals surface area contributed by atoms with Crippen LogP contribution < -0.4 is 0 Å². The van der Waals surface area contributed by atoms with E-state index >= 15 is 0 Å². The van der Waals surface area contributed by atoms with E-state index in [0.717, 1.165) is 31.1 Å². The maximum absolute atomic E-state index is 9.68. The van der Waals surface area contributed by atoms with Crippen molar-refractivity contribution in [2.24, 2.45) is 0 Å². The molecular formula is C10H22ClNO2S. The molecule has 1 fully saturated rings. The van der Waals surface area contributed by atoms with Gasteiger partial charge in [0.25, 0.3) is 0 Å². The Kier molecular flexibility index (Phi) is 10.1. The molecular weight excluding hydrogens is 234 g/mol. The SMILES string of the molecule is Cl.OCCSCC(O)CN1CCCCC1. The van der Waals surface area contributed by atoms with Crippen molar-refractivity contribution < 1.29 is 10.2 Å². The van der Waals surface area contributed by atoms with E-state index in [1.165, 1.54) is 19.3 Å². The molecule has 1 atom stereocenters. The van der Waals surface area contributed by atoms with E-state index in [1.807, 2.05) is 0 Å². The molecule has 1 unspecified atom stereocenters. The van der Waals surface area contributed by atoms with Gasteiger partial charge in [0.15, 0.2) is 0 Å². The summed E-state index contributed by atoms with van der Waals surface area (Å²) in [6, 6.07) is 0. The van der Waals surface area contributed by atoms with E-state index in [4.69, 9.17) is 5.11 Å². The van der Waals surface area contributed by atoms with Crippen LogP contribution in [0.15, 0.2) is 0 Å². The summed E-state index contributed by atoms with van der Waals surface area (Å²) in [5, 5.41) is 18.3. The summed E-state index contributed by atoms with van der Waals surface area (Å²) in [5.74, 6) is 1.48. The monoisotopic (exact) mass is 255 g/mol. The van der Waals surface area contributed by atoms with Crippen LogP contribution in [0.2, 0.25) is 0 Å². The highest BCUT2D eigenvalue weighted by Crippen LogP contribution is 2.10. The highest BCUT2D eigenvalue weighted by Gasteiger charge is 2.14. The summed E-state index contributed by atoms with van der Waals surface area (Å²) < 4.78 is 0. The molecule has 1 heterocycles. The van der Waals surface area contributed by atoms with Crippen molar-refractivity contribution in [2.75, 3.05) is 37.7 Å². The van der Waals surface area contributed by atoms with Crippen molar-refractivity contribution in [3.8, 4) is 0 Å². The van der Waals surface area contributed by atoms with Gasteiger partial charge >= 0.3 is 0 Å². The number of likely N-dealkylation sites (tertiary alicyclic amines) is 1. The maximum Gasteiger partial charge on any atom is 0.0757 e. The lowest BCUT2D eigenvalue weighted by molar-refractivity contribution is 0.117. The number of aliphatic hydroxyl groups is 2. The number of hydrogen-bond acceptors (Lipinski definition) is 4. The number of rotatable bonds is 6. The zero-order valence-electron chi connectivity index (χ0n) is 9.10. The number of piperidine rings is 1. The van der Waals surface area contributed by atoms with Gasteiger partial charge in [-0.2, -0.15) is 11.8 Å². The lowest BCUT2D eigenvalue weighted by Crippen LogP contribution is -2.37. The van der Waals surface area contributed by atoms with E-state index in [9.17, 15) is 5.11 Å². The number of thioether (sulfide) groups is 1. The molecule has 0 bridgehead atoms. The normalized spacial score (nSPS) is 19.6. The van der Waals surface area contributed by atoms with Crippen molar-refractivity contribution in [3.05, 3.63) is 0 Å². The van der Waals surface area contributed by atoms with Crippen LogP contribution in [-0.2, 0) is 0 Å². The van der Waals surface area contributed by atoms with E-state index in [-0.39, 0.29) is 25.1 Å². The summed E-state index contributed by atoms with van der Waals surface area (Å²) in [6.07, 6.45) is 3.66. The topological polar surface area (TPSA) is 43.7 Å². The van der Waals surface area contributed by atoms with Gasteiger partial charge in [-0.3, -0.25) is 0 Å². The van der Waals surface area contributed by atoms with E-state index in [1.54, 1.807) is 11.8 Å². The Balaban J connectivity index is 0.00000196. The fraction of sp³-hybridized carbons (Fsp3) is 1.00. The molecule has 3 nitrogen and oxygen atoms in total. The van der Waals surface area contributed by atoms with Crippen molar-refractivity contribution in [3.63, 3.8) is 0 Å². The highest BCUT2D eigenvalue weighted by molar-refractivity contribution is 7.99. The van der Waals surface area contributed by atoms with Gasteiger partial charge in [0, 0.05) is 18.1 Å². The molecule has 1 aliphatic rings. The van der Waals surface area contributed by atoms with Crippen molar-refractivity contribution >= 4 is 24.2 Å². The fourth-order valence-electron chi connectivity index (χ4n) is 1.78. The van der Waals surface area contributed by atoms with E-state index < -0.39 is 0 Å². The van der Waals surface area contributed by atoms with E-state index in [2.05, 4.69) is 4.90 Å². The largest absolute Gasteiger partial charge is 0.396 e. The second-order valence-corrected chi connectivity index (χ2v) is 4.96. The molecule has 0 saturated carbocycles. The lowest BCUT2D eigenvalue weighted by Gasteiger charge is -2.28. The van der Waals surface area contributed by atoms with Crippen LogP contribution in [0.4, 0.5) is 0 Å². The standard InChI is InChI=1S/C10H21NO2S.ClH/c12-6-7-14-9-10(13)8-11-4-2-1-3-5-11;/h10,12-13H,1-9H2;1H. The smallest absolute Gasteiger partial charge is 0.0757 e. The summed E-state index contributed by atoms with van der Waals surface area (Å²) in [4.78, 5) is 2.34. The third-order valence-electron chi connectivity index (χ3n) is 2.46. The second kappa shape index (κ2) is 9.73. The van der Waals surface area contributed by atoms with Gasteiger partial charge < -0.3 is 15.1 Å². The predicted molar refractivity (Wildman–Crippen MR) is 68.0 cm³/mol. The van der Waals surface area contributed by atoms with E-state index in [0.29, 0.717) is 0 Å². The highest BCUT2D eigenvalue weighted by atomic mass is 35.5. The molecule has 92 valence electrons. The first-order chi connectivity index (χ1) is 6.83. The summed E-state index contributed by atoms with van der Waals surface area (Å²) in [7, 11) is 0. The van der Waals surface area contributed by atoms with Gasteiger partial charge in [-0.25, -0.2) is 0 Å². The number of nitrogens with zero attached hydrogens (tertiary/aromatic N) is 1. The van der Waals surface area contributed by atoms with Crippen molar-refractivity contribution in [1.29, 1.82) is 0 Å². The summed E-state index contributed by atoms with van der Waals surface area (Å²) in [6.45, 7) is 3.29. The fourth-order valence-corrected chi connectivity index (χ4v) is 2.45. The minimum absolute atomic E-state index is 0. The molecule has 5 heteroatoms. The number of aliphatic hydroxyl groups excluding tert-OH is 2. The number of β-amino-alcohol motifs (C(OH)–C–C–N with tert-alkyl or cyclic N) is 1. The third kappa shape index (κ3) is 7.41. The Morgan fingerprint density at radius 1 is 1.20 bits per heavy atom. The molecule has 2 N–H and O–H groups in total. The minimum Gasteiger partial charge on any atom is -0.396 e. The molecule has 0 radical (unpaired) electrons. The first-order valence-corrected chi connectivity index (χ1v) is 6.57. The Morgan fingerprint density at radius 3 is 2.47 bits per heavy atom. The molecule has 15 heavy (non-hydrogen) atoms. The minimum atomic E-state index is -0.232. The maximum atomic E-state index is 9.68. The Morgan fingerprint density at radius 2 is 1.87 bits per heavy atom. The van der Waals surface area contributed by atoms with Crippen molar-refractivity contribution in [1.82, 2.24) is 4.90 Å². The van der Waals surface area contributed by atoms with Gasteiger partial charge in [0.2, 0.25) is 0 Å². The van der Waals surface area contributed by atoms with Crippen LogP contribution >= 0.6 is 24.2 Å². The molecule has 0 aromatic rings. The van der Waals surface area contributed by atoms with Crippen LogP contribution in [-0.4, -0.2) is 59.0 Å². The quantitative estimate of drug-likeness (QED) is 0.695. The first kappa shape index (κ1) is 15.5. The zero-order chi connectivity index (χ0) is 10.2. The lowest BCUT2D eigenvalue weighted by atomic mass is 10.1. The molecule has 0 amide bonds. The van der Waals surface area contributed by atoms with Gasteiger partial charge in [-0.05, 0) is 25.9 Å². The van der Waals surface area contributed by atoms with Crippen LogP contribution in [0, 0.1) is 0 Å². The van der Waals surface area contributed by atoms with Crippen LogP contribution in [0.5, 0.6) is 0 Å². The zero-order valence-corrected chi connectivity index (χ0v) is 10.7. The first-order valence-electron chi connectivity index (χ1n) is 5.42. The molecule has 0 aliphatic carbocycles. The number of halogens is 1. The molecule has 1 saturated heterocycles. The van der Waals surface area contributed by atoms with Crippen LogP contribution in [0.25, 0.3) is 0 Å². The molecule has 0 spiro atoms. The molecule has 1 rings (SSSR count). The average molecular weight is 256 g/mol. The Bertz CT molecular complexity index is 145. The third-order valence-corrected chi connectivity index (χ3v) is 3.56. The summed E-state index contributed by atoms with van der Waals surface area (Å²) >= 11 is 1.62. The van der Waals surface area contributed by atoms with Gasteiger partial charge in [-0.15, -0.1) is 12.4 Å². The molecule has 0 aromatic carbocycles. The second-order valence-electron chi connectivity index (χ2n) is 3.81. The van der Waals surface area contributed by atoms with Crippen molar-refractivity contribution in [2.45, 2.75) is 25.4 Å². The molecule has 1 aliphatic heterocycles.